The molecule has 0 aliphatic carbocycles. The van der Waals surface area contributed by atoms with Crippen molar-refractivity contribution in [3.8, 4) is 5.75 Å². The van der Waals surface area contributed by atoms with E-state index in [1.807, 2.05) is 0 Å². The maximum Gasteiger partial charge on any atom is 0.122 e. The first kappa shape index (κ1) is 12.7. The maximum absolute atomic E-state index is 5.88. The minimum Gasteiger partial charge on any atom is -0.491 e. The van der Waals surface area contributed by atoms with Crippen LogP contribution in [0.15, 0.2) is 30.3 Å². The minimum absolute atomic E-state index is 0.709. The van der Waals surface area contributed by atoms with E-state index in [1.165, 1.54) is 22.5 Å². The molecular formula is C16H21NO. The summed E-state index contributed by atoms with van der Waals surface area (Å²) in [5.41, 5.74) is 5.01. The second kappa shape index (κ2) is 5.30. The van der Waals surface area contributed by atoms with Crippen molar-refractivity contribution in [2.75, 3.05) is 6.61 Å². The third-order valence-corrected chi connectivity index (χ3v) is 3.33. The van der Waals surface area contributed by atoms with Crippen molar-refractivity contribution in [1.29, 1.82) is 0 Å². The molecule has 2 rings (SSSR count). The van der Waals surface area contributed by atoms with E-state index in [0.717, 1.165) is 12.3 Å². The van der Waals surface area contributed by atoms with Crippen LogP contribution in [0.4, 0.5) is 0 Å². The number of hydrogen-bond donors (Lipinski definition) is 0. The fraction of sp³-hybridized carbons (Fsp3) is 0.375. The summed E-state index contributed by atoms with van der Waals surface area (Å²) in [7, 11) is 0. The Morgan fingerprint density at radius 2 is 1.61 bits per heavy atom. The fourth-order valence-corrected chi connectivity index (χ4v) is 2.16. The lowest BCUT2D eigenvalue weighted by Gasteiger charge is -2.12. The van der Waals surface area contributed by atoms with Crippen LogP contribution in [-0.2, 0) is 6.54 Å². The first-order valence-electron chi connectivity index (χ1n) is 6.40. The van der Waals surface area contributed by atoms with Gasteiger partial charge in [-0.2, -0.15) is 0 Å². The fourth-order valence-electron chi connectivity index (χ4n) is 2.16. The van der Waals surface area contributed by atoms with Gasteiger partial charge in [0.25, 0.3) is 0 Å². The average Bonchev–Trinajstić information content (AvgIpc) is 2.65. The molecule has 1 aromatic carbocycles. The SMILES string of the molecule is Cc1ccc(C)c(OCCn2c(C)ccc2C)c1. The van der Waals surface area contributed by atoms with Crippen LogP contribution < -0.4 is 4.74 Å². The lowest BCUT2D eigenvalue weighted by Crippen LogP contribution is -2.11. The van der Waals surface area contributed by atoms with Crippen molar-refractivity contribution >= 4 is 0 Å². The highest BCUT2D eigenvalue weighted by Crippen LogP contribution is 2.19. The largest absolute Gasteiger partial charge is 0.491 e. The van der Waals surface area contributed by atoms with Crippen LogP contribution in [0.5, 0.6) is 5.75 Å². The Balaban J connectivity index is 1.98. The molecule has 0 N–H and O–H groups in total. The molecule has 0 saturated carbocycles. The lowest BCUT2D eigenvalue weighted by molar-refractivity contribution is 0.294. The standard InChI is InChI=1S/C16H21NO/c1-12-5-6-13(2)16(11-12)18-10-9-17-14(3)7-8-15(17)4/h5-8,11H,9-10H2,1-4H3. The lowest BCUT2D eigenvalue weighted by atomic mass is 10.1. The maximum atomic E-state index is 5.88. The summed E-state index contributed by atoms with van der Waals surface area (Å²) in [4.78, 5) is 0. The number of aromatic nitrogens is 1. The van der Waals surface area contributed by atoms with Crippen LogP contribution in [0.2, 0.25) is 0 Å². The number of rotatable bonds is 4. The quantitative estimate of drug-likeness (QED) is 0.796. The number of aryl methyl sites for hydroxylation is 4. The van der Waals surface area contributed by atoms with Crippen molar-refractivity contribution in [3.05, 3.63) is 52.8 Å². The Morgan fingerprint density at radius 1 is 0.944 bits per heavy atom. The zero-order valence-electron chi connectivity index (χ0n) is 11.7. The van der Waals surface area contributed by atoms with E-state index in [9.17, 15) is 0 Å². The van der Waals surface area contributed by atoms with E-state index in [0.29, 0.717) is 6.61 Å². The summed E-state index contributed by atoms with van der Waals surface area (Å²) < 4.78 is 8.16. The molecule has 1 heterocycles. The Bertz CT molecular complexity index is 521. The van der Waals surface area contributed by atoms with E-state index in [-0.39, 0.29) is 0 Å². The van der Waals surface area contributed by atoms with Crippen LogP contribution >= 0.6 is 0 Å². The summed E-state index contributed by atoms with van der Waals surface area (Å²) in [5.74, 6) is 0.998. The second-order valence-corrected chi connectivity index (χ2v) is 4.89. The number of hydrogen-bond acceptors (Lipinski definition) is 1. The van der Waals surface area contributed by atoms with Crippen molar-refractivity contribution in [3.63, 3.8) is 0 Å². The van der Waals surface area contributed by atoms with Crippen LogP contribution in [0.3, 0.4) is 0 Å². The van der Waals surface area contributed by atoms with Gasteiger partial charge in [0.05, 0.1) is 6.54 Å². The number of ether oxygens (including phenoxy) is 1. The van der Waals surface area contributed by atoms with Crippen LogP contribution in [0, 0.1) is 27.7 Å². The van der Waals surface area contributed by atoms with Gasteiger partial charge in [-0.1, -0.05) is 12.1 Å². The molecule has 0 spiro atoms. The molecule has 0 fully saturated rings. The third kappa shape index (κ3) is 2.76. The van der Waals surface area contributed by atoms with Crippen LogP contribution in [-0.4, -0.2) is 11.2 Å². The first-order valence-corrected chi connectivity index (χ1v) is 6.40. The van der Waals surface area contributed by atoms with Crippen molar-refractivity contribution in [2.24, 2.45) is 0 Å². The summed E-state index contributed by atoms with van der Waals surface area (Å²) in [6, 6.07) is 10.6. The molecule has 1 aromatic heterocycles. The Kier molecular flexibility index (Phi) is 3.75. The molecule has 0 unspecified atom stereocenters. The van der Waals surface area contributed by atoms with Gasteiger partial charge in [0.2, 0.25) is 0 Å². The van der Waals surface area contributed by atoms with Gasteiger partial charge in [0, 0.05) is 11.4 Å². The smallest absolute Gasteiger partial charge is 0.122 e. The van der Waals surface area contributed by atoms with Gasteiger partial charge in [-0.3, -0.25) is 0 Å². The summed E-state index contributed by atoms with van der Waals surface area (Å²) in [6.07, 6.45) is 0. The molecule has 0 amide bonds. The van der Waals surface area contributed by atoms with Gasteiger partial charge in [0.1, 0.15) is 12.4 Å². The highest BCUT2D eigenvalue weighted by atomic mass is 16.5. The van der Waals surface area contributed by atoms with E-state index < -0.39 is 0 Å². The number of nitrogens with zero attached hydrogens (tertiary/aromatic N) is 1. The van der Waals surface area contributed by atoms with E-state index in [4.69, 9.17) is 4.74 Å². The predicted molar refractivity (Wildman–Crippen MR) is 75.3 cm³/mol. The van der Waals surface area contributed by atoms with Crippen molar-refractivity contribution in [2.45, 2.75) is 34.2 Å². The van der Waals surface area contributed by atoms with Gasteiger partial charge in [-0.25, -0.2) is 0 Å². The van der Waals surface area contributed by atoms with Crippen molar-refractivity contribution in [1.82, 2.24) is 4.57 Å². The molecule has 2 heteroatoms. The highest BCUT2D eigenvalue weighted by Gasteiger charge is 2.03. The molecule has 18 heavy (non-hydrogen) atoms. The molecular weight excluding hydrogens is 222 g/mol. The topological polar surface area (TPSA) is 14.2 Å². The first-order chi connectivity index (χ1) is 8.58. The van der Waals surface area contributed by atoms with Crippen molar-refractivity contribution < 1.29 is 4.74 Å². The molecule has 0 saturated heterocycles. The molecule has 0 aliphatic heterocycles. The van der Waals surface area contributed by atoms with Crippen LogP contribution in [0.1, 0.15) is 22.5 Å². The van der Waals surface area contributed by atoms with E-state index in [1.54, 1.807) is 0 Å². The zero-order valence-corrected chi connectivity index (χ0v) is 11.7. The van der Waals surface area contributed by atoms with Crippen LogP contribution in [0.25, 0.3) is 0 Å². The van der Waals surface area contributed by atoms with Gasteiger partial charge in [-0.05, 0) is 57.0 Å². The Morgan fingerprint density at radius 3 is 2.28 bits per heavy atom. The minimum atomic E-state index is 0.709. The number of benzene rings is 1. The summed E-state index contributed by atoms with van der Waals surface area (Å²) in [6.45, 7) is 10.0. The highest BCUT2D eigenvalue weighted by molar-refractivity contribution is 5.35. The molecule has 0 atom stereocenters. The molecule has 96 valence electrons. The van der Waals surface area contributed by atoms with Gasteiger partial charge in [-0.15, -0.1) is 0 Å². The molecule has 2 nitrogen and oxygen atoms in total. The normalized spacial score (nSPS) is 10.7. The predicted octanol–water partition coefficient (Wildman–Crippen LogP) is 3.80. The van der Waals surface area contributed by atoms with Gasteiger partial charge in [0.15, 0.2) is 0 Å². The van der Waals surface area contributed by atoms with E-state index >= 15 is 0 Å². The zero-order chi connectivity index (χ0) is 13.1. The molecule has 0 radical (unpaired) electrons. The Hall–Kier alpha value is -1.70. The average molecular weight is 243 g/mol. The van der Waals surface area contributed by atoms with E-state index in [2.05, 4.69) is 62.6 Å². The Labute approximate surface area is 109 Å². The summed E-state index contributed by atoms with van der Waals surface area (Å²) in [5, 5.41) is 0. The van der Waals surface area contributed by atoms with Gasteiger partial charge < -0.3 is 9.30 Å². The van der Waals surface area contributed by atoms with Gasteiger partial charge >= 0.3 is 0 Å². The molecule has 0 aliphatic rings. The second-order valence-electron chi connectivity index (χ2n) is 4.89. The third-order valence-electron chi connectivity index (χ3n) is 3.33. The molecule has 0 bridgehead atoms. The monoisotopic (exact) mass is 243 g/mol. The summed E-state index contributed by atoms with van der Waals surface area (Å²) >= 11 is 0. The molecule has 2 aromatic rings.